The average molecular weight is 241 g/mol. The number of aliphatic hydroxyl groups excluding tert-OH is 1. The quantitative estimate of drug-likeness (QED) is 0.774. The number of rotatable bonds is 5. The van der Waals surface area contributed by atoms with E-state index in [1.165, 1.54) is 10.5 Å². The molecule has 1 rings (SSSR count). The first kappa shape index (κ1) is 13.4. The Kier molecular flexibility index (Phi) is 5.12. The molecule has 0 aliphatic heterocycles. The third kappa shape index (κ3) is 2.70. The van der Waals surface area contributed by atoms with Crippen LogP contribution in [0, 0.1) is 0 Å². The average Bonchev–Trinajstić information content (AvgIpc) is 2.35. The number of methoxy groups -OCH3 is 1. The van der Waals surface area contributed by atoms with Crippen molar-refractivity contribution in [1.82, 2.24) is 0 Å². The molecular formula is C12H19NO2S. The zero-order valence-corrected chi connectivity index (χ0v) is 10.8. The number of aryl methyl sites for hydroxylation is 1. The molecule has 1 atom stereocenters. The number of benzene rings is 1. The molecule has 0 spiro atoms. The number of aliphatic hydroxyl groups is 1. The molecule has 0 fully saturated rings. The van der Waals surface area contributed by atoms with Crippen LogP contribution in [0.5, 0.6) is 5.75 Å². The Hall–Kier alpha value is -0.710. The zero-order chi connectivity index (χ0) is 12.1. The Morgan fingerprint density at radius 2 is 2.19 bits per heavy atom. The Bertz CT molecular complexity index is 355. The fraction of sp³-hybridized carbons (Fsp3) is 0.500. The molecule has 1 unspecified atom stereocenters. The summed E-state index contributed by atoms with van der Waals surface area (Å²) < 4.78 is 5.29. The highest BCUT2D eigenvalue weighted by atomic mass is 32.2. The summed E-state index contributed by atoms with van der Waals surface area (Å²) in [6.07, 6.45) is 2.32. The van der Waals surface area contributed by atoms with Crippen LogP contribution in [0.15, 0.2) is 17.0 Å². The van der Waals surface area contributed by atoms with Crippen LogP contribution in [0.3, 0.4) is 0 Å². The van der Waals surface area contributed by atoms with E-state index >= 15 is 0 Å². The number of hydrogen-bond acceptors (Lipinski definition) is 4. The summed E-state index contributed by atoms with van der Waals surface area (Å²) in [4.78, 5) is 1.17. The van der Waals surface area contributed by atoms with E-state index in [0.29, 0.717) is 5.75 Å². The predicted octanol–water partition coefficient (Wildman–Crippen LogP) is 1.97. The first-order valence-electron chi connectivity index (χ1n) is 5.30. The fourth-order valence-electron chi connectivity index (χ4n) is 1.65. The zero-order valence-electron chi connectivity index (χ0n) is 9.99. The molecule has 0 bridgehead atoms. The second-order valence-electron chi connectivity index (χ2n) is 3.51. The summed E-state index contributed by atoms with van der Waals surface area (Å²) in [6.45, 7) is 2.31. The van der Waals surface area contributed by atoms with Crippen LogP contribution in [0.25, 0.3) is 0 Å². The van der Waals surface area contributed by atoms with Crippen LogP contribution >= 0.6 is 11.8 Å². The van der Waals surface area contributed by atoms with Crippen molar-refractivity contribution in [3.63, 3.8) is 0 Å². The Morgan fingerprint density at radius 1 is 1.50 bits per heavy atom. The lowest BCUT2D eigenvalue weighted by Crippen LogP contribution is -2.13. The Balaban J connectivity index is 3.25. The minimum atomic E-state index is -0.660. The second-order valence-corrected chi connectivity index (χ2v) is 4.36. The standard InChI is InChI=1S/C12H19NO2S/c1-4-8-5-11(15-2)9(10(14)7-13)6-12(8)16-3/h5-6,10,14H,4,7,13H2,1-3H3. The summed E-state index contributed by atoms with van der Waals surface area (Å²) in [6, 6.07) is 3.96. The van der Waals surface area contributed by atoms with Gasteiger partial charge in [-0.2, -0.15) is 0 Å². The van der Waals surface area contributed by atoms with Crippen molar-refractivity contribution in [1.29, 1.82) is 0 Å². The van der Waals surface area contributed by atoms with Gasteiger partial charge in [-0.3, -0.25) is 0 Å². The highest BCUT2D eigenvalue weighted by Crippen LogP contribution is 2.32. The van der Waals surface area contributed by atoms with Crippen molar-refractivity contribution in [2.45, 2.75) is 24.3 Å². The summed E-state index contributed by atoms with van der Waals surface area (Å²) in [5, 5.41) is 9.81. The van der Waals surface area contributed by atoms with E-state index < -0.39 is 6.10 Å². The van der Waals surface area contributed by atoms with Crippen LogP contribution in [-0.2, 0) is 6.42 Å². The molecule has 0 amide bonds. The van der Waals surface area contributed by atoms with Crippen molar-refractivity contribution < 1.29 is 9.84 Å². The molecular weight excluding hydrogens is 222 g/mol. The van der Waals surface area contributed by atoms with Gasteiger partial charge in [0.25, 0.3) is 0 Å². The highest BCUT2D eigenvalue weighted by molar-refractivity contribution is 7.98. The van der Waals surface area contributed by atoms with E-state index in [1.54, 1.807) is 18.9 Å². The third-order valence-electron chi connectivity index (χ3n) is 2.60. The van der Waals surface area contributed by atoms with Gasteiger partial charge in [-0.05, 0) is 30.4 Å². The van der Waals surface area contributed by atoms with Crippen LogP contribution in [0.4, 0.5) is 0 Å². The van der Waals surface area contributed by atoms with Gasteiger partial charge in [0.05, 0.1) is 13.2 Å². The molecule has 0 saturated heterocycles. The van der Waals surface area contributed by atoms with Gasteiger partial charge < -0.3 is 15.6 Å². The Morgan fingerprint density at radius 3 is 2.62 bits per heavy atom. The van der Waals surface area contributed by atoms with Gasteiger partial charge in [0.15, 0.2) is 0 Å². The molecule has 0 aliphatic carbocycles. The molecule has 0 aliphatic rings. The topological polar surface area (TPSA) is 55.5 Å². The van der Waals surface area contributed by atoms with Gasteiger partial charge >= 0.3 is 0 Å². The molecule has 3 N–H and O–H groups in total. The smallest absolute Gasteiger partial charge is 0.125 e. The fourth-order valence-corrected chi connectivity index (χ4v) is 2.36. The van der Waals surface area contributed by atoms with Crippen molar-refractivity contribution in [2.24, 2.45) is 5.73 Å². The first-order chi connectivity index (χ1) is 7.67. The molecule has 1 aromatic carbocycles. The largest absolute Gasteiger partial charge is 0.496 e. The second kappa shape index (κ2) is 6.13. The van der Waals surface area contributed by atoms with E-state index in [0.717, 1.165) is 12.0 Å². The molecule has 0 heterocycles. The van der Waals surface area contributed by atoms with E-state index in [9.17, 15) is 5.11 Å². The molecule has 0 saturated carbocycles. The van der Waals surface area contributed by atoms with Gasteiger partial charge in [0.2, 0.25) is 0 Å². The van der Waals surface area contributed by atoms with Gasteiger partial charge in [-0.25, -0.2) is 0 Å². The predicted molar refractivity (Wildman–Crippen MR) is 68.2 cm³/mol. The van der Waals surface area contributed by atoms with Crippen molar-refractivity contribution in [3.8, 4) is 5.75 Å². The maximum absolute atomic E-state index is 9.81. The van der Waals surface area contributed by atoms with Crippen LogP contribution in [0.2, 0.25) is 0 Å². The van der Waals surface area contributed by atoms with Crippen LogP contribution in [-0.4, -0.2) is 25.0 Å². The van der Waals surface area contributed by atoms with E-state index in [1.807, 2.05) is 18.4 Å². The summed E-state index contributed by atoms with van der Waals surface area (Å²) in [7, 11) is 1.61. The maximum Gasteiger partial charge on any atom is 0.125 e. The SMILES string of the molecule is CCc1cc(OC)c(C(O)CN)cc1SC. The minimum Gasteiger partial charge on any atom is -0.496 e. The molecule has 0 aromatic heterocycles. The summed E-state index contributed by atoms with van der Waals surface area (Å²) in [5.74, 6) is 0.715. The van der Waals surface area contributed by atoms with Gasteiger partial charge in [0.1, 0.15) is 5.75 Å². The van der Waals surface area contributed by atoms with Gasteiger partial charge in [0, 0.05) is 17.0 Å². The number of nitrogens with two attached hydrogens (primary N) is 1. The molecule has 16 heavy (non-hydrogen) atoms. The molecule has 90 valence electrons. The van der Waals surface area contributed by atoms with E-state index in [4.69, 9.17) is 10.5 Å². The van der Waals surface area contributed by atoms with Crippen LogP contribution in [0.1, 0.15) is 24.2 Å². The molecule has 1 aromatic rings. The lowest BCUT2D eigenvalue weighted by Gasteiger charge is -2.16. The Labute approximate surface area is 101 Å². The number of thioether (sulfide) groups is 1. The van der Waals surface area contributed by atoms with E-state index in [-0.39, 0.29) is 6.54 Å². The normalized spacial score (nSPS) is 12.6. The molecule has 0 radical (unpaired) electrons. The summed E-state index contributed by atoms with van der Waals surface area (Å²) in [5.41, 5.74) is 7.48. The summed E-state index contributed by atoms with van der Waals surface area (Å²) >= 11 is 1.67. The molecule has 3 nitrogen and oxygen atoms in total. The van der Waals surface area contributed by atoms with Crippen molar-refractivity contribution >= 4 is 11.8 Å². The van der Waals surface area contributed by atoms with Gasteiger partial charge in [-0.1, -0.05) is 6.92 Å². The highest BCUT2D eigenvalue weighted by Gasteiger charge is 2.14. The number of ether oxygens (including phenoxy) is 1. The lowest BCUT2D eigenvalue weighted by atomic mass is 10.0. The van der Waals surface area contributed by atoms with Crippen molar-refractivity contribution in [3.05, 3.63) is 23.3 Å². The lowest BCUT2D eigenvalue weighted by molar-refractivity contribution is 0.182. The molecule has 4 heteroatoms. The third-order valence-corrected chi connectivity index (χ3v) is 3.42. The van der Waals surface area contributed by atoms with Crippen molar-refractivity contribution in [2.75, 3.05) is 19.9 Å². The monoisotopic (exact) mass is 241 g/mol. The minimum absolute atomic E-state index is 0.204. The van der Waals surface area contributed by atoms with E-state index in [2.05, 4.69) is 6.92 Å². The number of hydrogen-bond donors (Lipinski definition) is 2. The first-order valence-corrected chi connectivity index (χ1v) is 6.53. The van der Waals surface area contributed by atoms with Gasteiger partial charge in [-0.15, -0.1) is 11.8 Å². The van der Waals surface area contributed by atoms with Crippen LogP contribution < -0.4 is 10.5 Å². The maximum atomic E-state index is 9.81.